The minimum atomic E-state index is -0.742. The first-order valence-corrected chi connectivity index (χ1v) is 13.4. The molecule has 1 heterocycles. The van der Waals surface area contributed by atoms with E-state index >= 15 is 0 Å². The molecule has 0 saturated heterocycles. The SMILES string of the molecule is Cc1[nH]c(=O)c(C#N)cc1-c1ccc(OCCCC(=O)NCC(C)(C)NC[C@H](O)COc2ccccc2Cl)cc1. The second-order valence-corrected chi connectivity index (χ2v) is 10.5. The van der Waals surface area contributed by atoms with Crippen LogP contribution in [0.4, 0.5) is 0 Å². The van der Waals surface area contributed by atoms with Crippen molar-refractivity contribution in [3.8, 4) is 28.7 Å². The summed E-state index contributed by atoms with van der Waals surface area (Å²) in [5, 5.41) is 26.0. The zero-order valence-electron chi connectivity index (χ0n) is 22.9. The van der Waals surface area contributed by atoms with Gasteiger partial charge < -0.3 is 30.2 Å². The average molecular weight is 567 g/mol. The number of nitrogens with one attached hydrogen (secondary N) is 3. The monoisotopic (exact) mass is 566 g/mol. The highest BCUT2D eigenvalue weighted by atomic mass is 35.5. The summed E-state index contributed by atoms with van der Waals surface area (Å²) in [6, 6.07) is 17.9. The Morgan fingerprint density at radius 3 is 2.60 bits per heavy atom. The Kier molecular flexibility index (Phi) is 11.1. The molecule has 0 aliphatic rings. The lowest BCUT2D eigenvalue weighted by molar-refractivity contribution is -0.121. The van der Waals surface area contributed by atoms with E-state index in [1.165, 1.54) is 0 Å². The third-order valence-electron chi connectivity index (χ3n) is 6.15. The van der Waals surface area contributed by atoms with E-state index in [4.69, 9.17) is 26.3 Å². The van der Waals surface area contributed by atoms with Crippen LogP contribution in [0.5, 0.6) is 11.5 Å². The molecule has 0 bridgehead atoms. The van der Waals surface area contributed by atoms with Crippen molar-refractivity contribution in [3.63, 3.8) is 0 Å². The van der Waals surface area contributed by atoms with Gasteiger partial charge in [0.15, 0.2) is 0 Å². The molecule has 40 heavy (non-hydrogen) atoms. The molecule has 0 spiro atoms. The van der Waals surface area contributed by atoms with Gasteiger partial charge in [-0.2, -0.15) is 5.26 Å². The number of nitrogens with zero attached hydrogens (tertiary/aromatic N) is 1. The summed E-state index contributed by atoms with van der Waals surface area (Å²) in [7, 11) is 0. The fraction of sp³-hybridized carbons (Fsp3) is 0.367. The van der Waals surface area contributed by atoms with E-state index in [9.17, 15) is 14.7 Å². The molecule has 1 aromatic heterocycles. The van der Waals surface area contributed by atoms with E-state index in [1.807, 2.05) is 56.3 Å². The molecule has 0 fully saturated rings. The number of aliphatic hydroxyl groups is 1. The van der Waals surface area contributed by atoms with Crippen molar-refractivity contribution in [1.82, 2.24) is 15.6 Å². The molecule has 0 saturated carbocycles. The standard InChI is InChI=1S/C30H35ClN4O5/c1-20-25(15-22(16-32)29(38)35-20)21-10-12-24(13-11-21)39-14-6-9-28(37)33-19-30(2,3)34-17-23(36)18-40-27-8-5-4-7-26(27)31/h4-5,7-8,10-13,15,23,34,36H,6,9,14,17-19H2,1-3H3,(H,33,37)(H,35,38)/t23-/m0/s1. The van der Waals surface area contributed by atoms with Crippen LogP contribution in [0.3, 0.4) is 0 Å². The predicted molar refractivity (Wildman–Crippen MR) is 155 cm³/mol. The number of aliphatic hydroxyl groups excluding tert-OH is 1. The van der Waals surface area contributed by atoms with Crippen LogP contribution in [0.15, 0.2) is 59.4 Å². The van der Waals surface area contributed by atoms with Gasteiger partial charge in [-0.25, -0.2) is 0 Å². The fourth-order valence-corrected chi connectivity index (χ4v) is 4.02. The minimum absolute atomic E-state index is 0.0650. The van der Waals surface area contributed by atoms with E-state index in [1.54, 1.807) is 25.1 Å². The molecule has 1 atom stereocenters. The number of H-pyrrole nitrogens is 1. The number of hydrogen-bond donors (Lipinski definition) is 4. The molecule has 3 aromatic rings. The first-order chi connectivity index (χ1) is 19.1. The van der Waals surface area contributed by atoms with Gasteiger partial charge in [0.25, 0.3) is 5.56 Å². The highest BCUT2D eigenvalue weighted by Crippen LogP contribution is 2.25. The molecular weight excluding hydrogens is 532 g/mol. The fourth-order valence-electron chi connectivity index (χ4n) is 3.83. The van der Waals surface area contributed by atoms with Gasteiger partial charge in [-0.15, -0.1) is 0 Å². The number of para-hydroxylation sites is 1. The van der Waals surface area contributed by atoms with E-state index in [2.05, 4.69) is 15.6 Å². The van der Waals surface area contributed by atoms with E-state index < -0.39 is 17.2 Å². The van der Waals surface area contributed by atoms with Crippen LogP contribution in [0.1, 0.15) is 37.9 Å². The summed E-state index contributed by atoms with van der Waals surface area (Å²) in [5.74, 6) is 1.10. The summed E-state index contributed by atoms with van der Waals surface area (Å²) in [4.78, 5) is 26.8. The number of hydrogen-bond acceptors (Lipinski definition) is 7. The molecule has 1 amide bonds. The first kappa shape index (κ1) is 30.7. The van der Waals surface area contributed by atoms with Crippen molar-refractivity contribution < 1.29 is 19.4 Å². The van der Waals surface area contributed by atoms with Crippen LogP contribution < -0.4 is 25.7 Å². The van der Waals surface area contributed by atoms with Gasteiger partial charge in [0.2, 0.25) is 5.91 Å². The van der Waals surface area contributed by atoms with Crippen molar-refractivity contribution in [2.24, 2.45) is 0 Å². The number of carbonyl (C=O) groups is 1. The van der Waals surface area contributed by atoms with Crippen LogP contribution in [0.2, 0.25) is 5.02 Å². The largest absolute Gasteiger partial charge is 0.494 e. The Hall–Kier alpha value is -3.84. The Labute approximate surface area is 239 Å². The number of amides is 1. The summed E-state index contributed by atoms with van der Waals surface area (Å²) < 4.78 is 11.3. The molecule has 10 heteroatoms. The Morgan fingerprint density at radius 2 is 1.90 bits per heavy atom. The number of rotatable bonds is 14. The molecule has 212 valence electrons. The van der Waals surface area contributed by atoms with Gasteiger partial charge in [0.1, 0.15) is 35.8 Å². The minimum Gasteiger partial charge on any atom is -0.494 e. The van der Waals surface area contributed by atoms with Crippen LogP contribution in [0, 0.1) is 18.3 Å². The number of aryl methyl sites for hydroxylation is 1. The molecule has 0 unspecified atom stereocenters. The number of nitriles is 1. The molecule has 2 aromatic carbocycles. The number of carbonyl (C=O) groups excluding carboxylic acids is 1. The van der Waals surface area contributed by atoms with E-state index in [-0.39, 0.29) is 18.1 Å². The van der Waals surface area contributed by atoms with Gasteiger partial charge in [0, 0.05) is 36.3 Å². The van der Waals surface area contributed by atoms with E-state index in [0.29, 0.717) is 54.8 Å². The number of halogens is 1. The van der Waals surface area contributed by atoms with Gasteiger partial charge >= 0.3 is 0 Å². The van der Waals surface area contributed by atoms with Crippen LogP contribution in [-0.2, 0) is 4.79 Å². The number of benzene rings is 2. The lowest BCUT2D eigenvalue weighted by atomic mass is 10.0. The third-order valence-corrected chi connectivity index (χ3v) is 6.46. The molecule has 9 nitrogen and oxygen atoms in total. The maximum atomic E-state index is 12.3. The smallest absolute Gasteiger partial charge is 0.266 e. The summed E-state index contributed by atoms with van der Waals surface area (Å²) >= 11 is 6.06. The number of pyridine rings is 1. The normalized spacial score (nSPS) is 11.9. The highest BCUT2D eigenvalue weighted by molar-refractivity contribution is 6.32. The average Bonchev–Trinajstić information content (AvgIpc) is 2.93. The Bertz CT molecular complexity index is 1380. The lowest BCUT2D eigenvalue weighted by Gasteiger charge is -2.28. The summed E-state index contributed by atoms with van der Waals surface area (Å²) in [6.07, 6.45) is 0.119. The summed E-state index contributed by atoms with van der Waals surface area (Å²) in [6.45, 7) is 6.83. The van der Waals surface area contributed by atoms with Crippen molar-refractivity contribution >= 4 is 17.5 Å². The van der Waals surface area contributed by atoms with Crippen molar-refractivity contribution in [2.75, 3.05) is 26.3 Å². The van der Waals surface area contributed by atoms with Gasteiger partial charge in [-0.3, -0.25) is 9.59 Å². The predicted octanol–water partition coefficient (Wildman–Crippen LogP) is 3.96. The van der Waals surface area contributed by atoms with Crippen molar-refractivity contribution in [3.05, 3.63) is 81.2 Å². The maximum Gasteiger partial charge on any atom is 0.266 e. The van der Waals surface area contributed by atoms with Gasteiger partial charge in [-0.1, -0.05) is 35.9 Å². The topological polar surface area (TPSA) is 136 Å². The molecule has 0 radical (unpaired) electrons. The maximum absolute atomic E-state index is 12.3. The van der Waals surface area contributed by atoms with Crippen LogP contribution in [-0.4, -0.2) is 53.9 Å². The molecule has 0 aliphatic carbocycles. The zero-order chi connectivity index (χ0) is 29.1. The molecule has 0 aliphatic heterocycles. The second-order valence-electron chi connectivity index (χ2n) is 10.1. The lowest BCUT2D eigenvalue weighted by Crippen LogP contribution is -2.51. The Balaban J connectivity index is 1.34. The number of β-amino-alcohol motifs (C(OH)–C–C–N with tert-alkyl or cyclic N) is 1. The summed E-state index contributed by atoms with van der Waals surface area (Å²) in [5.41, 5.74) is 1.54. The molecule has 3 rings (SSSR count). The third kappa shape index (κ3) is 9.42. The van der Waals surface area contributed by atoms with Gasteiger partial charge in [-0.05, 0) is 63.1 Å². The highest BCUT2D eigenvalue weighted by Gasteiger charge is 2.20. The van der Waals surface area contributed by atoms with Crippen molar-refractivity contribution in [1.29, 1.82) is 5.26 Å². The van der Waals surface area contributed by atoms with E-state index in [0.717, 1.165) is 11.1 Å². The Morgan fingerprint density at radius 1 is 1.18 bits per heavy atom. The van der Waals surface area contributed by atoms with Crippen molar-refractivity contribution in [2.45, 2.75) is 45.3 Å². The molecule has 4 N–H and O–H groups in total. The molecular formula is C30H35ClN4O5. The quantitative estimate of drug-likeness (QED) is 0.217. The second kappa shape index (κ2) is 14.5. The van der Waals surface area contributed by atoms with Crippen LogP contribution >= 0.6 is 11.6 Å². The van der Waals surface area contributed by atoms with Gasteiger partial charge in [0.05, 0.1) is 11.6 Å². The number of ether oxygens (including phenoxy) is 2. The first-order valence-electron chi connectivity index (χ1n) is 13.0. The number of aromatic nitrogens is 1. The van der Waals surface area contributed by atoms with Crippen LogP contribution in [0.25, 0.3) is 11.1 Å². The number of aromatic amines is 1. The zero-order valence-corrected chi connectivity index (χ0v) is 23.7.